The van der Waals surface area contributed by atoms with E-state index in [-0.39, 0.29) is 0 Å². The molecule has 0 N–H and O–H groups in total. The van der Waals surface area contributed by atoms with E-state index in [1.165, 1.54) is 83.5 Å². The zero-order valence-electron chi connectivity index (χ0n) is 27.1. The Balaban J connectivity index is 1.75. The van der Waals surface area contributed by atoms with E-state index in [0.717, 1.165) is 45.6 Å². The van der Waals surface area contributed by atoms with Gasteiger partial charge < -0.3 is 33.0 Å². The van der Waals surface area contributed by atoms with Crippen LogP contribution >= 0.6 is 0 Å². The molecule has 1 rings (SSSR count). The highest BCUT2D eigenvalue weighted by Crippen LogP contribution is 2.15. The minimum absolute atomic E-state index is 0.399. The van der Waals surface area contributed by atoms with E-state index in [1.54, 1.807) is 26.7 Å². The fourth-order valence-electron chi connectivity index (χ4n) is 4.71. The molecule has 1 unspecified atom stereocenters. The number of methoxy groups -OCH3 is 2. The van der Waals surface area contributed by atoms with Crippen molar-refractivity contribution >= 4 is 0 Å². The normalized spacial score (nSPS) is 12.8. The third-order valence-corrected chi connectivity index (χ3v) is 7.71. The Morgan fingerprint density at radius 1 is 0.659 bits per heavy atom. The van der Waals surface area contributed by atoms with Crippen molar-refractivity contribution in [2.75, 3.05) is 60.5 Å². The van der Waals surface area contributed by atoms with Gasteiger partial charge in [0.2, 0.25) is 0 Å². The quantitative estimate of drug-likeness (QED) is 0.0638. The molecule has 1 heterocycles. The molecular formula is C33H64N2O6. The third-order valence-electron chi connectivity index (χ3n) is 7.71. The Labute approximate surface area is 252 Å². The van der Waals surface area contributed by atoms with Crippen LogP contribution in [0.3, 0.4) is 0 Å². The van der Waals surface area contributed by atoms with Gasteiger partial charge in [0, 0.05) is 53.0 Å². The van der Waals surface area contributed by atoms with E-state index < -0.39 is 5.79 Å². The van der Waals surface area contributed by atoms with Crippen LogP contribution in [0.4, 0.5) is 0 Å². The van der Waals surface area contributed by atoms with Gasteiger partial charge in [-0.1, -0.05) is 84.0 Å². The van der Waals surface area contributed by atoms with Gasteiger partial charge in [-0.25, -0.2) is 4.98 Å². The number of rotatable bonds is 32. The van der Waals surface area contributed by atoms with E-state index in [9.17, 15) is 0 Å². The Kier molecular flexibility index (Phi) is 25.7. The molecule has 0 radical (unpaired) electrons. The summed E-state index contributed by atoms with van der Waals surface area (Å²) in [5.41, 5.74) is 0. The van der Waals surface area contributed by atoms with Crippen molar-refractivity contribution in [3.63, 3.8) is 0 Å². The van der Waals surface area contributed by atoms with E-state index in [4.69, 9.17) is 28.4 Å². The van der Waals surface area contributed by atoms with Gasteiger partial charge in [-0.2, -0.15) is 0 Å². The maximum atomic E-state index is 6.09. The monoisotopic (exact) mass is 584 g/mol. The highest BCUT2D eigenvalue weighted by Gasteiger charge is 2.22. The summed E-state index contributed by atoms with van der Waals surface area (Å²) in [6.07, 6.45) is 26.5. The van der Waals surface area contributed by atoms with E-state index in [0.29, 0.717) is 32.5 Å². The third kappa shape index (κ3) is 23.1. The lowest BCUT2D eigenvalue weighted by molar-refractivity contribution is -0.222. The van der Waals surface area contributed by atoms with Crippen LogP contribution in [0.15, 0.2) is 18.7 Å². The summed E-state index contributed by atoms with van der Waals surface area (Å²) in [5, 5.41) is 0. The first-order valence-electron chi connectivity index (χ1n) is 16.5. The van der Waals surface area contributed by atoms with Crippen LogP contribution in [-0.2, 0) is 35.0 Å². The molecule has 242 valence electrons. The van der Waals surface area contributed by atoms with Gasteiger partial charge in [0.05, 0.1) is 32.3 Å². The number of imidazole rings is 1. The molecule has 0 saturated carbocycles. The zero-order chi connectivity index (χ0) is 29.7. The van der Waals surface area contributed by atoms with Crippen molar-refractivity contribution in [1.82, 2.24) is 9.55 Å². The van der Waals surface area contributed by atoms with Gasteiger partial charge >= 0.3 is 0 Å². The fraction of sp³-hybridized carbons (Fsp3) is 0.909. The second-order valence-electron chi connectivity index (χ2n) is 11.3. The summed E-state index contributed by atoms with van der Waals surface area (Å²) in [6, 6.07) is 0. The van der Waals surface area contributed by atoms with Crippen LogP contribution in [-0.4, -0.2) is 81.9 Å². The topological polar surface area (TPSA) is 73.2 Å². The Bertz CT molecular complexity index is 642. The summed E-state index contributed by atoms with van der Waals surface area (Å²) in [4.78, 5) is 4.02. The van der Waals surface area contributed by atoms with Crippen LogP contribution in [0.25, 0.3) is 0 Å². The van der Waals surface area contributed by atoms with E-state index >= 15 is 0 Å². The van der Waals surface area contributed by atoms with E-state index in [2.05, 4.69) is 11.9 Å². The summed E-state index contributed by atoms with van der Waals surface area (Å²) < 4.78 is 35.6. The Morgan fingerprint density at radius 3 is 1.78 bits per heavy atom. The largest absolute Gasteiger partial charge is 0.379 e. The van der Waals surface area contributed by atoms with Crippen molar-refractivity contribution < 1.29 is 28.4 Å². The smallest absolute Gasteiger partial charge is 0.188 e. The number of ether oxygens (including phenoxy) is 6. The predicted octanol–water partition coefficient (Wildman–Crippen LogP) is 7.59. The molecule has 0 aromatic carbocycles. The zero-order valence-corrected chi connectivity index (χ0v) is 27.1. The molecular weight excluding hydrogens is 520 g/mol. The number of hydrogen-bond acceptors (Lipinski definition) is 7. The Hall–Kier alpha value is -1.03. The molecule has 0 spiro atoms. The number of unbranched alkanes of at least 4 members (excludes halogenated alkanes) is 12. The van der Waals surface area contributed by atoms with Gasteiger partial charge in [0.25, 0.3) is 0 Å². The highest BCUT2D eigenvalue weighted by molar-refractivity contribution is 4.73. The maximum absolute atomic E-state index is 6.09. The molecule has 1 atom stereocenters. The second kappa shape index (κ2) is 27.8. The SMILES string of the molecule is CCC(CCCCCCCCCCCCCCCOCC(C)(OC)OC)OCCCOCCOCCn1ccnc1. The van der Waals surface area contributed by atoms with Crippen LogP contribution in [0, 0.1) is 0 Å². The molecule has 0 saturated heterocycles. The molecule has 1 aromatic heterocycles. The van der Waals surface area contributed by atoms with Gasteiger partial charge in [-0.05, 0) is 32.6 Å². The lowest BCUT2D eigenvalue weighted by Gasteiger charge is -2.25. The molecule has 8 nitrogen and oxygen atoms in total. The van der Waals surface area contributed by atoms with Gasteiger partial charge in [-0.3, -0.25) is 0 Å². The number of nitrogens with zero attached hydrogens (tertiary/aromatic N) is 2. The maximum Gasteiger partial charge on any atom is 0.188 e. The summed E-state index contributed by atoms with van der Waals surface area (Å²) >= 11 is 0. The number of hydrogen-bond donors (Lipinski definition) is 0. The van der Waals surface area contributed by atoms with Crippen molar-refractivity contribution in [1.29, 1.82) is 0 Å². The minimum atomic E-state index is -0.622. The standard InChI is InChI=1S/C33H64N2O6/c1-5-32(41-26-19-25-38-28-29-39-27-23-35-22-21-34-31-35)20-17-15-13-11-9-7-6-8-10-12-14-16-18-24-40-30-33(2,36-3)37-4/h21-22,31-32H,5-20,23-30H2,1-4H3. The summed E-state index contributed by atoms with van der Waals surface area (Å²) in [7, 11) is 3.30. The lowest BCUT2D eigenvalue weighted by Crippen LogP contribution is -2.35. The highest BCUT2D eigenvalue weighted by atomic mass is 16.7. The molecule has 1 aromatic rings. The van der Waals surface area contributed by atoms with Crippen molar-refractivity contribution in [2.45, 2.75) is 135 Å². The minimum Gasteiger partial charge on any atom is -0.379 e. The first-order valence-corrected chi connectivity index (χ1v) is 16.5. The Morgan fingerprint density at radius 2 is 1.22 bits per heavy atom. The van der Waals surface area contributed by atoms with Crippen LogP contribution in [0.2, 0.25) is 0 Å². The lowest BCUT2D eigenvalue weighted by atomic mass is 10.0. The molecule has 0 aliphatic carbocycles. The first kappa shape index (κ1) is 38.0. The summed E-state index contributed by atoms with van der Waals surface area (Å²) in [6.45, 7) is 9.73. The number of aromatic nitrogens is 2. The average molecular weight is 585 g/mol. The van der Waals surface area contributed by atoms with Crippen molar-refractivity contribution in [3.05, 3.63) is 18.7 Å². The van der Waals surface area contributed by atoms with Crippen molar-refractivity contribution in [3.8, 4) is 0 Å². The van der Waals surface area contributed by atoms with Gasteiger partial charge in [0.15, 0.2) is 5.79 Å². The van der Waals surface area contributed by atoms with Crippen molar-refractivity contribution in [2.24, 2.45) is 0 Å². The fourth-order valence-corrected chi connectivity index (χ4v) is 4.71. The van der Waals surface area contributed by atoms with Crippen LogP contribution in [0.1, 0.15) is 117 Å². The molecule has 0 bridgehead atoms. The second-order valence-corrected chi connectivity index (χ2v) is 11.3. The van der Waals surface area contributed by atoms with Gasteiger partial charge in [0.1, 0.15) is 6.61 Å². The molecule has 0 aliphatic heterocycles. The predicted molar refractivity (Wildman–Crippen MR) is 166 cm³/mol. The summed E-state index contributed by atoms with van der Waals surface area (Å²) in [5.74, 6) is -0.622. The molecule has 8 heteroatoms. The van der Waals surface area contributed by atoms with Crippen LogP contribution < -0.4 is 0 Å². The molecule has 0 fully saturated rings. The van der Waals surface area contributed by atoms with E-state index in [1.807, 2.05) is 17.7 Å². The molecule has 0 aliphatic rings. The molecule has 0 amide bonds. The van der Waals surface area contributed by atoms with Crippen LogP contribution in [0.5, 0.6) is 0 Å². The molecule has 41 heavy (non-hydrogen) atoms. The average Bonchev–Trinajstić information content (AvgIpc) is 3.52. The van der Waals surface area contributed by atoms with Gasteiger partial charge in [-0.15, -0.1) is 0 Å². The first-order chi connectivity index (χ1) is 20.1.